The van der Waals surface area contributed by atoms with Gasteiger partial charge >= 0.3 is 6.07 Å². The van der Waals surface area contributed by atoms with E-state index in [0.29, 0.717) is 5.56 Å². The number of rotatable bonds is 0. The van der Waals surface area contributed by atoms with E-state index < -0.39 is 5.95 Å². The summed E-state index contributed by atoms with van der Waals surface area (Å²) in [6, 6.07) is 5.47. The van der Waals surface area contributed by atoms with Gasteiger partial charge in [-0.1, -0.05) is 4.85 Å². The van der Waals surface area contributed by atoms with E-state index >= 15 is 0 Å². The maximum absolute atomic E-state index is 12.2. The molecule has 0 aromatic carbocycles. The first-order chi connectivity index (χ1) is 4.83. The Kier molecular flexibility index (Phi) is 1.96. The number of halogens is 1. The average molecular weight is 137 g/mol. The number of aromatic nitrogens is 1. The van der Waals surface area contributed by atoms with Crippen molar-refractivity contribution in [3.63, 3.8) is 0 Å². The fourth-order valence-corrected chi connectivity index (χ4v) is 0.571. The van der Waals surface area contributed by atoms with Crippen LogP contribution < -0.4 is 0 Å². The molecule has 1 aromatic rings. The molecule has 1 aromatic heterocycles. The van der Waals surface area contributed by atoms with Crippen LogP contribution in [-0.4, -0.2) is 12.0 Å². The molecule has 2 nitrogen and oxygen atoms in total. The predicted octanol–water partition coefficient (Wildman–Crippen LogP) is 1.53. The molecule has 0 spiro atoms. The Balaban J connectivity index is 2.97. The number of pyridine rings is 1. The van der Waals surface area contributed by atoms with Crippen molar-refractivity contribution >= 4 is 0 Å². The van der Waals surface area contributed by atoms with Gasteiger partial charge in [0.2, 0.25) is 5.95 Å². The normalized spacial score (nSPS) is 8.20. The lowest BCUT2D eigenvalue weighted by molar-refractivity contribution is 0.583. The maximum atomic E-state index is 12.2. The van der Waals surface area contributed by atoms with E-state index in [-0.39, 0.29) is 0 Å². The van der Waals surface area contributed by atoms with Crippen LogP contribution in [0.2, 0.25) is 0 Å². The zero-order chi connectivity index (χ0) is 7.40. The summed E-state index contributed by atoms with van der Waals surface area (Å²) in [5.74, 6) is -0.485. The predicted molar refractivity (Wildman–Crippen MR) is 36.5 cm³/mol. The van der Waals surface area contributed by atoms with Crippen LogP contribution in [0.5, 0.6) is 0 Å². The molecule has 0 atom stereocenters. The first-order valence-electron chi connectivity index (χ1n) is 2.79. The van der Waals surface area contributed by atoms with Gasteiger partial charge in [0.15, 0.2) is 0 Å². The van der Waals surface area contributed by atoms with Gasteiger partial charge in [0.1, 0.15) is 5.56 Å². The number of hydrogen-bond donors (Lipinski definition) is 0. The second-order valence-corrected chi connectivity index (χ2v) is 1.71. The van der Waals surface area contributed by atoms with Crippen molar-refractivity contribution in [2.24, 2.45) is 0 Å². The largest absolute Gasteiger partial charge is 0.312 e. The van der Waals surface area contributed by atoms with Crippen molar-refractivity contribution in [1.82, 2.24) is 4.98 Å². The summed E-state index contributed by atoms with van der Waals surface area (Å²) in [5.41, 5.74) is 0.684. The molecule has 0 N–H and O–H groups in total. The van der Waals surface area contributed by atoms with Crippen LogP contribution in [0, 0.1) is 12.0 Å². The van der Waals surface area contributed by atoms with E-state index in [1.54, 1.807) is 13.1 Å². The SMILES string of the molecule is C[N+]#Cc1ccc(F)nc1. The van der Waals surface area contributed by atoms with Gasteiger partial charge in [-0.25, -0.2) is 4.98 Å². The highest BCUT2D eigenvalue weighted by Crippen LogP contribution is 1.95. The van der Waals surface area contributed by atoms with Crippen LogP contribution in [0.1, 0.15) is 5.56 Å². The summed E-state index contributed by atoms with van der Waals surface area (Å²) in [7, 11) is 1.60. The van der Waals surface area contributed by atoms with Crippen LogP contribution in [0.15, 0.2) is 18.3 Å². The first kappa shape index (κ1) is 6.69. The molecule has 0 amide bonds. The van der Waals surface area contributed by atoms with Crippen molar-refractivity contribution < 1.29 is 4.39 Å². The zero-order valence-corrected chi connectivity index (χ0v) is 5.50. The molecule has 0 saturated heterocycles. The monoisotopic (exact) mass is 137 g/mol. The highest BCUT2D eigenvalue weighted by Gasteiger charge is 1.93. The van der Waals surface area contributed by atoms with Crippen LogP contribution >= 0.6 is 0 Å². The molecule has 0 bridgehead atoms. The minimum atomic E-state index is -0.485. The van der Waals surface area contributed by atoms with Gasteiger partial charge in [-0.15, -0.1) is 0 Å². The Morgan fingerprint density at radius 1 is 1.60 bits per heavy atom. The highest BCUT2D eigenvalue weighted by molar-refractivity contribution is 5.27. The zero-order valence-electron chi connectivity index (χ0n) is 5.50. The van der Waals surface area contributed by atoms with Crippen LogP contribution in [0.4, 0.5) is 4.39 Å². The third kappa shape index (κ3) is 1.52. The van der Waals surface area contributed by atoms with Crippen LogP contribution in [0.3, 0.4) is 0 Å². The Hall–Kier alpha value is -1.43. The van der Waals surface area contributed by atoms with Gasteiger partial charge in [-0.2, -0.15) is 4.39 Å². The molecular weight excluding hydrogens is 131 g/mol. The van der Waals surface area contributed by atoms with E-state index in [2.05, 4.69) is 15.9 Å². The van der Waals surface area contributed by atoms with Gasteiger partial charge in [0.25, 0.3) is 7.05 Å². The van der Waals surface area contributed by atoms with Gasteiger partial charge in [-0.3, -0.25) is 0 Å². The van der Waals surface area contributed by atoms with Crippen LogP contribution in [0.25, 0.3) is 4.85 Å². The topological polar surface area (TPSA) is 17.2 Å². The Morgan fingerprint density at radius 2 is 2.40 bits per heavy atom. The van der Waals surface area contributed by atoms with E-state index in [4.69, 9.17) is 0 Å². The van der Waals surface area contributed by atoms with E-state index in [9.17, 15) is 4.39 Å². The Labute approximate surface area is 58.1 Å². The average Bonchev–Trinajstić information content (AvgIpc) is 1.95. The molecule has 0 saturated carbocycles. The summed E-state index contributed by atoms with van der Waals surface area (Å²) in [6.45, 7) is 0. The molecule has 50 valence electrons. The molecule has 0 fully saturated rings. The summed E-state index contributed by atoms with van der Waals surface area (Å²) < 4.78 is 12.2. The Morgan fingerprint density at radius 3 is 2.90 bits per heavy atom. The summed E-state index contributed by atoms with van der Waals surface area (Å²) in [6.07, 6.45) is 1.38. The second-order valence-electron chi connectivity index (χ2n) is 1.71. The van der Waals surface area contributed by atoms with Crippen molar-refractivity contribution in [2.75, 3.05) is 7.05 Å². The van der Waals surface area contributed by atoms with E-state index in [0.717, 1.165) is 0 Å². The third-order valence-electron chi connectivity index (χ3n) is 0.968. The minimum absolute atomic E-state index is 0.485. The lowest BCUT2D eigenvalue weighted by Gasteiger charge is -1.82. The summed E-state index contributed by atoms with van der Waals surface area (Å²) >= 11 is 0. The van der Waals surface area contributed by atoms with Gasteiger partial charge in [0, 0.05) is 0 Å². The van der Waals surface area contributed by atoms with Crippen molar-refractivity contribution in [1.29, 1.82) is 0 Å². The standard InChI is InChI=1S/C7H6FN2/c1-9-4-6-2-3-7(8)10-5-6/h2-3,5H,1H3/q+1. The molecule has 1 rings (SSSR count). The fraction of sp³-hybridized carbons (Fsp3) is 0.143. The van der Waals surface area contributed by atoms with Crippen LogP contribution in [-0.2, 0) is 0 Å². The molecule has 0 aliphatic rings. The van der Waals surface area contributed by atoms with Crippen molar-refractivity contribution in [3.05, 3.63) is 34.7 Å². The molecular formula is C7H6FN2+. The number of hydrogen-bond acceptors (Lipinski definition) is 1. The summed E-state index contributed by atoms with van der Waals surface area (Å²) in [5, 5.41) is 0. The second kappa shape index (κ2) is 2.92. The third-order valence-corrected chi connectivity index (χ3v) is 0.968. The van der Waals surface area contributed by atoms with Gasteiger partial charge < -0.3 is 0 Å². The highest BCUT2D eigenvalue weighted by atomic mass is 19.1. The smallest absolute Gasteiger partial charge is 0.227 e. The molecule has 0 radical (unpaired) electrons. The molecule has 0 aliphatic carbocycles. The Bertz CT molecular complexity index is 268. The molecule has 0 aliphatic heterocycles. The number of nitrogens with zero attached hydrogens (tertiary/aromatic N) is 2. The van der Waals surface area contributed by atoms with Crippen molar-refractivity contribution in [2.45, 2.75) is 0 Å². The quantitative estimate of drug-likeness (QED) is 0.495. The molecule has 10 heavy (non-hydrogen) atoms. The van der Waals surface area contributed by atoms with E-state index in [1.165, 1.54) is 12.3 Å². The molecule has 3 heteroatoms. The minimum Gasteiger partial charge on any atom is -0.227 e. The lowest BCUT2D eigenvalue weighted by Crippen LogP contribution is -1.81. The first-order valence-corrected chi connectivity index (χ1v) is 2.79. The molecule has 1 heterocycles. The maximum Gasteiger partial charge on any atom is 0.312 e. The fourth-order valence-electron chi connectivity index (χ4n) is 0.571. The van der Waals surface area contributed by atoms with Crippen molar-refractivity contribution in [3.8, 4) is 6.07 Å². The van der Waals surface area contributed by atoms with Gasteiger partial charge in [0.05, 0.1) is 6.20 Å². The molecule has 0 unspecified atom stereocenters. The lowest BCUT2D eigenvalue weighted by atomic mass is 10.3. The summed E-state index contributed by atoms with van der Waals surface area (Å²) in [4.78, 5) is 7.03. The van der Waals surface area contributed by atoms with E-state index in [1.807, 2.05) is 0 Å². The van der Waals surface area contributed by atoms with Gasteiger partial charge in [-0.05, 0) is 12.1 Å².